The number of anilines is 3. The zero-order chi connectivity index (χ0) is 14.7. The van der Waals surface area contributed by atoms with Crippen LogP contribution in [0, 0.1) is 5.92 Å². The lowest BCUT2D eigenvalue weighted by atomic mass is 10.1. The van der Waals surface area contributed by atoms with E-state index in [1.807, 2.05) is 24.3 Å². The van der Waals surface area contributed by atoms with Crippen molar-refractivity contribution in [3.8, 4) is 0 Å². The summed E-state index contributed by atoms with van der Waals surface area (Å²) in [5.74, 6) is 1.38. The summed E-state index contributed by atoms with van der Waals surface area (Å²) in [4.78, 5) is 11.6. The molecule has 0 atom stereocenters. The quantitative estimate of drug-likeness (QED) is 0.884. The fourth-order valence-electron chi connectivity index (χ4n) is 2.13. The number of amides is 1. The van der Waals surface area contributed by atoms with Gasteiger partial charge in [0.15, 0.2) is 11.6 Å². The molecule has 0 bridgehead atoms. The molecule has 1 heterocycles. The highest BCUT2D eigenvalue weighted by atomic mass is 16.2. The van der Waals surface area contributed by atoms with Crippen LogP contribution in [0.25, 0.3) is 0 Å². The van der Waals surface area contributed by atoms with E-state index in [4.69, 9.17) is 0 Å². The van der Waals surface area contributed by atoms with Crippen LogP contribution < -0.4 is 10.6 Å². The fraction of sp³-hybridized carbons (Fsp3) is 0.312. The molecule has 0 aliphatic heterocycles. The van der Waals surface area contributed by atoms with Gasteiger partial charge in [0.1, 0.15) is 0 Å². The van der Waals surface area contributed by atoms with E-state index in [0.717, 1.165) is 24.9 Å². The van der Waals surface area contributed by atoms with E-state index in [2.05, 4.69) is 33.8 Å². The van der Waals surface area contributed by atoms with Crippen molar-refractivity contribution in [2.24, 2.45) is 5.92 Å². The van der Waals surface area contributed by atoms with E-state index in [1.165, 1.54) is 5.56 Å². The maximum Gasteiger partial charge on any atom is 0.228 e. The van der Waals surface area contributed by atoms with E-state index in [-0.39, 0.29) is 11.8 Å². The third kappa shape index (κ3) is 3.37. The molecule has 5 heteroatoms. The third-order valence-corrected chi connectivity index (χ3v) is 3.52. The third-order valence-electron chi connectivity index (χ3n) is 3.52. The number of benzene rings is 1. The van der Waals surface area contributed by atoms with Crippen LogP contribution in [0.3, 0.4) is 0 Å². The van der Waals surface area contributed by atoms with Gasteiger partial charge in [0, 0.05) is 11.6 Å². The second kappa shape index (κ2) is 5.91. The van der Waals surface area contributed by atoms with Gasteiger partial charge in [-0.1, -0.05) is 25.1 Å². The SMILES string of the molecule is CCc1ccccc1Nc1ccc(NC(=O)C2CC2)nn1. The number of carbonyl (C=O) groups is 1. The van der Waals surface area contributed by atoms with Crippen molar-refractivity contribution in [3.05, 3.63) is 42.0 Å². The summed E-state index contributed by atoms with van der Waals surface area (Å²) < 4.78 is 0. The molecule has 21 heavy (non-hydrogen) atoms. The maximum absolute atomic E-state index is 11.6. The van der Waals surface area contributed by atoms with Gasteiger partial charge in [-0.05, 0) is 43.0 Å². The lowest BCUT2D eigenvalue weighted by Gasteiger charge is -2.10. The van der Waals surface area contributed by atoms with E-state index >= 15 is 0 Å². The average molecular weight is 282 g/mol. The van der Waals surface area contributed by atoms with Crippen molar-refractivity contribution in [2.75, 3.05) is 10.6 Å². The molecule has 5 nitrogen and oxygen atoms in total. The van der Waals surface area contributed by atoms with Gasteiger partial charge in [-0.15, -0.1) is 10.2 Å². The Labute approximate surface area is 123 Å². The first kappa shape index (κ1) is 13.5. The van der Waals surface area contributed by atoms with Crippen molar-refractivity contribution < 1.29 is 4.79 Å². The molecular weight excluding hydrogens is 264 g/mol. The van der Waals surface area contributed by atoms with E-state index in [0.29, 0.717) is 11.6 Å². The number of aromatic nitrogens is 2. The highest BCUT2D eigenvalue weighted by Gasteiger charge is 2.29. The molecule has 1 aromatic heterocycles. The van der Waals surface area contributed by atoms with Gasteiger partial charge in [0.2, 0.25) is 5.91 Å². The summed E-state index contributed by atoms with van der Waals surface area (Å²) in [6.07, 6.45) is 2.91. The smallest absolute Gasteiger partial charge is 0.228 e. The monoisotopic (exact) mass is 282 g/mol. The van der Waals surface area contributed by atoms with Gasteiger partial charge in [-0.3, -0.25) is 4.79 Å². The molecule has 0 spiro atoms. The molecule has 0 radical (unpaired) electrons. The van der Waals surface area contributed by atoms with Crippen LogP contribution >= 0.6 is 0 Å². The molecule has 0 unspecified atom stereocenters. The molecule has 1 aliphatic carbocycles. The summed E-state index contributed by atoms with van der Waals surface area (Å²) in [5, 5.41) is 14.2. The number of carbonyl (C=O) groups excluding carboxylic acids is 1. The standard InChI is InChI=1S/C16H18N4O/c1-2-11-5-3-4-6-13(11)17-14-9-10-15(20-19-14)18-16(21)12-7-8-12/h3-6,9-10,12H,2,7-8H2,1H3,(H,17,19)(H,18,20,21). The van der Waals surface area contributed by atoms with Crippen LogP contribution in [0.15, 0.2) is 36.4 Å². The van der Waals surface area contributed by atoms with Gasteiger partial charge < -0.3 is 10.6 Å². The lowest BCUT2D eigenvalue weighted by molar-refractivity contribution is -0.117. The maximum atomic E-state index is 11.6. The minimum Gasteiger partial charge on any atom is -0.339 e. The van der Waals surface area contributed by atoms with Gasteiger partial charge in [0.25, 0.3) is 0 Å². The Morgan fingerprint density at radius 2 is 1.86 bits per heavy atom. The Morgan fingerprint density at radius 1 is 1.14 bits per heavy atom. The number of nitrogens with zero attached hydrogens (tertiary/aromatic N) is 2. The molecular formula is C16H18N4O. The van der Waals surface area contributed by atoms with Gasteiger partial charge in [0.05, 0.1) is 0 Å². The summed E-state index contributed by atoms with van der Waals surface area (Å²) >= 11 is 0. The van der Waals surface area contributed by atoms with E-state index in [1.54, 1.807) is 6.07 Å². The minimum absolute atomic E-state index is 0.0429. The molecule has 1 aromatic carbocycles. The molecule has 3 rings (SSSR count). The normalized spacial score (nSPS) is 13.8. The molecule has 1 amide bonds. The highest BCUT2D eigenvalue weighted by molar-refractivity contribution is 5.93. The molecule has 2 N–H and O–H groups in total. The predicted octanol–water partition coefficient (Wildman–Crippen LogP) is 3.13. The number of hydrogen-bond acceptors (Lipinski definition) is 4. The first-order valence-corrected chi connectivity index (χ1v) is 7.26. The van der Waals surface area contributed by atoms with Crippen LogP contribution in [0.2, 0.25) is 0 Å². The van der Waals surface area contributed by atoms with Crippen LogP contribution in [-0.2, 0) is 11.2 Å². The van der Waals surface area contributed by atoms with Crippen LogP contribution in [0.5, 0.6) is 0 Å². The molecule has 2 aromatic rings. The summed E-state index contributed by atoms with van der Waals surface area (Å²) in [6, 6.07) is 11.7. The molecule has 1 fully saturated rings. The number of aryl methyl sites for hydroxylation is 1. The van der Waals surface area contributed by atoms with Crippen molar-refractivity contribution >= 4 is 23.2 Å². The number of rotatable bonds is 5. The first-order chi connectivity index (χ1) is 10.3. The largest absolute Gasteiger partial charge is 0.339 e. The minimum atomic E-state index is 0.0429. The fourth-order valence-corrected chi connectivity index (χ4v) is 2.13. The van der Waals surface area contributed by atoms with Crippen molar-refractivity contribution in [1.29, 1.82) is 0 Å². The van der Waals surface area contributed by atoms with Crippen LogP contribution in [-0.4, -0.2) is 16.1 Å². The zero-order valence-corrected chi connectivity index (χ0v) is 12.0. The highest BCUT2D eigenvalue weighted by Crippen LogP contribution is 2.30. The Hall–Kier alpha value is -2.43. The Kier molecular flexibility index (Phi) is 3.81. The Bertz CT molecular complexity index is 635. The zero-order valence-electron chi connectivity index (χ0n) is 12.0. The van der Waals surface area contributed by atoms with Crippen LogP contribution in [0.4, 0.5) is 17.3 Å². The lowest BCUT2D eigenvalue weighted by Crippen LogP contribution is -2.14. The number of nitrogens with one attached hydrogen (secondary N) is 2. The molecule has 1 aliphatic rings. The summed E-state index contributed by atoms with van der Waals surface area (Å²) in [6.45, 7) is 2.11. The van der Waals surface area contributed by atoms with Crippen LogP contribution in [0.1, 0.15) is 25.3 Å². The Morgan fingerprint density at radius 3 is 2.52 bits per heavy atom. The second-order valence-corrected chi connectivity index (χ2v) is 5.20. The van der Waals surface area contributed by atoms with Gasteiger partial charge >= 0.3 is 0 Å². The predicted molar refractivity (Wildman–Crippen MR) is 82.5 cm³/mol. The summed E-state index contributed by atoms with van der Waals surface area (Å²) in [7, 11) is 0. The van der Waals surface area contributed by atoms with Gasteiger partial charge in [-0.2, -0.15) is 0 Å². The average Bonchev–Trinajstić information content (AvgIpc) is 3.34. The first-order valence-electron chi connectivity index (χ1n) is 7.26. The molecule has 0 saturated heterocycles. The van der Waals surface area contributed by atoms with Gasteiger partial charge in [-0.25, -0.2) is 0 Å². The van der Waals surface area contributed by atoms with Crippen molar-refractivity contribution in [1.82, 2.24) is 10.2 Å². The summed E-state index contributed by atoms with van der Waals surface area (Å²) in [5.41, 5.74) is 2.26. The number of para-hydroxylation sites is 1. The van der Waals surface area contributed by atoms with E-state index < -0.39 is 0 Å². The molecule has 1 saturated carbocycles. The van der Waals surface area contributed by atoms with E-state index in [9.17, 15) is 4.79 Å². The second-order valence-electron chi connectivity index (χ2n) is 5.20. The van der Waals surface area contributed by atoms with Crippen molar-refractivity contribution in [3.63, 3.8) is 0 Å². The molecule has 108 valence electrons. The Balaban J connectivity index is 1.67. The van der Waals surface area contributed by atoms with Crippen molar-refractivity contribution in [2.45, 2.75) is 26.2 Å². The topological polar surface area (TPSA) is 66.9 Å². The number of hydrogen-bond donors (Lipinski definition) is 2.